The summed E-state index contributed by atoms with van der Waals surface area (Å²) >= 11 is 0. The van der Waals surface area contributed by atoms with Crippen LogP contribution in [0.5, 0.6) is 0 Å². The Bertz CT molecular complexity index is 468. The number of likely N-dealkylation sites (N-methyl/N-ethyl adjacent to an activating group) is 1. The number of rotatable bonds is 3. The van der Waals surface area contributed by atoms with Crippen molar-refractivity contribution in [1.82, 2.24) is 4.90 Å². The third-order valence-electron chi connectivity index (χ3n) is 3.39. The van der Waals surface area contributed by atoms with Gasteiger partial charge in [0.25, 0.3) is 5.66 Å². The lowest BCUT2D eigenvalue weighted by molar-refractivity contribution is 0.0987. The zero-order chi connectivity index (χ0) is 14.0. The van der Waals surface area contributed by atoms with Gasteiger partial charge in [0, 0.05) is 43.0 Å². The van der Waals surface area contributed by atoms with Crippen LogP contribution in [0.3, 0.4) is 0 Å². The molecular weight excluding hydrogens is 269 g/mol. The summed E-state index contributed by atoms with van der Waals surface area (Å²) in [5.41, 5.74) is -2.53. The zero-order valence-corrected chi connectivity index (χ0v) is 11.9. The number of benzene rings is 1. The summed E-state index contributed by atoms with van der Waals surface area (Å²) in [4.78, 5) is 15.1. The van der Waals surface area contributed by atoms with Gasteiger partial charge >= 0.3 is 0 Å². The molecule has 0 bridgehead atoms. The first-order valence-corrected chi connectivity index (χ1v) is 6.69. The summed E-state index contributed by atoms with van der Waals surface area (Å²) in [6.07, 6.45) is 0.473. The molecule has 1 aliphatic heterocycles. The van der Waals surface area contributed by atoms with Crippen LogP contribution in [-0.2, 0) is 5.66 Å². The van der Waals surface area contributed by atoms with Gasteiger partial charge in [0.2, 0.25) is 0 Å². The Hall–Kier alpha value is -1.06. The van der Waals surface area contributed by atoms with Crippen LogP contribution in [-0.4, -0.2) is 44.4 Å². The number of carbonyl (C=O) groups is 1. The number of alkyl halides is 2. The number of halogens is 2. The van der Waals surface area contributed by atoms with Crippen molar-refractivity contribution >= 4 is 21.2 Å². The second kappa shape index (κ2) is 5.51. The fourth-order valence-corrected chi connectivity index (χ4v) is 2.45. The quantitative estimate of drug-likeness (QED) is 0.628. The van der Waals surface area contributed by atoms with E-state index in [1.165, 1.54) is 21.4 Å². The number of carbonyl (C=O) groups excluding carboxylic acids is 1. The molecule has 0 spiro atoms. The molecule has 1 atom stereocenters. The Labute approximate surface area is 113 Å². The average molecular weight is 286 g/mol. The minimum atomic E-state index is -3.08. The molecular formula is C13H17F2N2OP. The van der Waals surface area contributed by atoms with Crippen molar-refractivity contribution in [3.05, 3.63) is 29.3 Å². The van der Waals surface area contributed by atoms with Crippen LogP contribution in [0.4, 0.5) is 14.5 Å². The molecule has 0 radical (unpaired) electrons. The number of hydrogen-bond donors (Lipinski definition) is 0. The second-order valence-electron chi connectivity index (χ2n) is 4.80. The number of nitrogens with zero attached hydrogens (tertiary/aromatic N) is 2. The van der Waals surface area contributed by atoms with Crippen LogP contribution in [0.25, 0.3) is 0 Å². The van der Waals surface area contributed by atoms with Gasteiger partial charge in [-0.1, -0.05) is 9.24 Å². The van der Waals surface area contributed by atoms with Crippen molar-refractivity contribution in [3.8, 4) is 0 Å². The van der Waals surface area contributed by atoms with E-state index in [0.29, 0.717) is 6.29 Å². The van der Waals surface area contributed by atoms with E-state index < -0.39 is 5.66 Å². The van der Waals surface area contributed by atoms with E-state index in [-0.39, 0.29) is 11.1 Å². The first-order valence-electron chi connectivity index (χ1n) is 6.11. The highest BCUT2D eigenvalue weighted by atomic mass is 31.0. The van der Waals surface area contributed by atoms with Crippen molar-refractivity contribution in [3.63, 3.8) is 0 Å². The van der Waals surface area contributed by atoms with Crippen molar-refractivity contribution < 1.29 is 13.6 Å². The standard InChI is InChI=1S/C13H17F2N2OP/c1-16-4-6-17(7-5-16)11-3-2-10(9-18)12(8-11)13(14,15)19/h2-3,8-9H,4-7,19H2,1H3. The molecule has 3 nitrogen and oxygen atoms in total. The fraction of sp³-hybridized carbons (Fsp3) is 0.462. The highest BCUT2D eigenvalue weighted by Crippen LogP contribution is 2.38. The molecule has 0 N–H and O–H groups in total. The molecule has 0 aliphatic carbocycles. The molecule has 104 valence electrons. The van der Waals surface area contributed by atoms with Crippen molar-refractivity contribution in [2.75, 3.05) is 38.1 Å². The molecule has 1 fully saturated rings. The number of aldehydes is 1. The maximum Gasteiger partial charge on any atom is 0.284 e. The lowest BCUT2D eigenvalue weighted by Gasteiger charge is -2.34. The molecule has 1 aliphatic rings. The van der Waals surface area contributed by atoms with Crippen molar-refractivity contribution in [2.45, 2.75) is 5.66 Å². The summed E-state index contributed by atoms with van der Waals surface area (Å²) < 4.78 is 27.0. The third kappa shape index (κ3) is 3.28. The monoisotopic (exact) mass is 286 g/mol. The molecule has 1 saturated heterocycles. The Morgan fingerprint density at radius 1 is 1.26 bits per heavy atom. The van der Waals surface area contributed by atoms with E-state index in [4.69, 9.17) is 0 Å². The molecule has 1 aromatic rings. The summed E-state index contributed by atoms with van der Waals surface area (Å²) in [5.74, 6) is 0. The van der Waals surface area contributed by atoms with Gasteiger partial charge < -0.3 is 9.80 Å². The van der Waals surface area contributed by atoms with Crippen LogP contribution >= 0.6 is 9.24 Å². The van der Waals surface area contributed by atoms with Gasteiger partial charge in [0.15, 0.2) is 6.29 Å². The third-order valence-corrected chi connectivity index (χ3v) is 3.70. The Morgan fingerprint density at radius 2 is 1.89 bits per heavy atom. The first-order chi connectivity index (χ1) is 8.91. The fourth-order valence-electron chi connectivity index (χ4n) is 2.20. The lowest BCUT2D eigenvalue weighted by Crippen LogP contribution is -2.44. The molecule has 1 aromatic carbocycles. The van der Waals surface area contributed by atoms with Crippen LogP contribution in [0, 0.1) is 0 Å². The highest BCUT2D eigenvalue weighted by molar-refractivity contribution is 7.17. The Balaban J connectivity index is 2.30. The number of anilines is 1. The van der Waals surface area contributed by atoms with Crippen LogP contribution in [0.1, 0.15) is 15.9 Å². The molecule has 0 saturated carbocycles. The van der Waals surface area contributed by atoms with Gasteiger partial charge in [-0.25, -0.2) is 0 Å². The molecule has 2 rings (SSSR count). The predicted octanol–water partition coefficient (Wildman–Crippen LogP) is 2.18. The van der Waals surface area contributed by atoms with E-state index in [9.17, 15) is 13.6 Å². The smallest absolute Gasteiger partial charge is 0.284 e. The van der Waals surface area contributed by atoms with E-state index in [2.05, 4.69) is 9.80 Å². The van der Waals surface area contributed by atoms with E-state index in [0.717, 1.165) is 31.9 Å². The van der Waals surface area contributed by atoms with Gasteiger partial charge in [-0.3, -0.25) is 4.79 Å². The first kappa shape index (κ1) is 14.4. The topological polar surface area (TPSA) is 23.6 Å². The normalized spacial score (nSPS) is 17.6. The SMILES string of the molecule is CN1CCN(c2ccc(C=O)c(C(F)(F)P)c2)CC1. The van der Waals surface area contributed by atoms with E-state index in [1.54, 1.807) is 6.07 Å². The average Bonchev–Trinajstić information content (AvgIpc) is 2.38. The van der Waals surface area contributed by atoms with Gasteiger partial charge in [-0.2, -0.15) is 8.78 Å². The molecule has 6 heteroatoms. The van der Waals surface area contributed by atoms with Gasteiger partial charge in [0.05, 0.1) is 0 Å². The largest absolute Gasteiger partial charge is 0.369 e. The predicted molar refractivity (Wildman–Crippen MR) is 75.1 cm³/mol. The summed E-state index contributed by atoms with van der Waals surface area (Å²) in [5, 5.41) is 0. The highest BCUT2D eigenvalue weighted by Gasteiger charge is 2.28. The van der Waals surface area contributed by atoms with Gasteiger partial charge in [0.1, 0.15) is 0 Å². The number of hydrogen-bond acceptors (Lipinski definition) is 3. The molecule has 1 unspecified atom stereocenters. The summed E-state index contributed by atoms with van der Waals surface area (Å²) in [6.45, 7) is 3.42. The molecule has 19 heavy (non-hydrogen) atoms. The second-order valence-corrected chi connectivity index (χ2v) is 5.53. The van der Waals surface area contributed by atoms with Crippen LogP contribution < -0.4 is 4.90 Å². The molecule has 1 heterocycles. The van der Waals surface area contributed by atoms with Gasteiger partial charge in [-0.15, -0.1) is 0 Å². The van der Waals surface area contributed by atoms with Crippen molar-refractivity contribution in [2.24, 2.45) is 0 Å². The van der Waals surface area contributed by atoms with Crippen LogP contribution in [0.15, 0.2) is 18.2 Å². The molecule has 0 aromatic heterocycles. The molecule has 0 amide bonds. The Kier molecular flexibility index (Phi) is 4.16. The minimum absolute atomic E-state index is 0.0397. The van der Waals surface area contributed by atoms with Crippen LogP contribution in [0.2, 0.25) is 0 Å². The van der Waals surface area contributed by atoms with Gasteiger partial charge in [-0.05, 0) is 25.2 Å². The zero-order valence-electron chi connectivity index (χ0n) is 10.8. The summed E-state index contributed by atoms with van der Waals surface area (Å²) in [7, 11) is 3.53. The van der Waals surface area contributed by atoms with Crippen molar-refractivity contribution in [1.29, 1.82) is 0 Å². The Morgan fingerprint density at radius 3 is 2.42 bits per heavy atom. The van der Waals surface area contributed by atoms with E-state index in [1.807, 2.05) is 7.05 Å². The maximum absolute atomic E-state index is 13.5. The lowest BCUT2D eigenvalue weighted by atomic mass is 10.1. The van der Waals surface area contributed by atoms with E-state index >= 15 is 0 Å². The minimum Gasteiger partial charge on any atom is -0.369 e. The summed E-state index contributed by atoms with van der Waals surface area (Å²) in [6, 6.07) is 4.62. The number of piperazine rings is 1. The maximum atomic E-state index is 13.5.